The van der Waals surface area contributed by atoms with Crippen LogP contribution in [0, 0.1) is 10.6 Å². The first kappa shape index (κ1) is 14.9. The summed E-state index contributed by atoms with van der Waals surface area (Å²) in [5.74, 6) is -0.512. The van der Waals surface area contributed by atoms with Gasteiger partial charge in [-0.2, -0.15) is 14.9 Å². The van der Waals surface area contributed by atoms with Gasteiger partial charge in [-0.05, 0) is 48.1 Å². The zero-order valence-corrected chi connectivity index (χ0v) is 12.5. The molecule has 6 nitrogen and oxygen atoms in total. The summed E-state index contributed by atoms with van der Waals surface area (Å²) in [6, 6.07) is 10.2. The highest BCUT2D eigenvalue weighted by molar-refractivity contribution is 7.71. The van der Waals surface area contributed by atoms with E-state index in [0.29, 0.717) is 17.0 Å². The van der Waals surface area contributed by atoms with Gasteiger partial charge in [-0.25, -0.2) is 9.49 Å². The van der Waals surface area contributed by atoms with Crippen LogP contribution in [-0.4, -0.2) is 31.3 Å². The van der Waals surface area contributed by atoms with E-state index in [1.165, 1.54) is 35.2 Å². The van der Waals surface area contributed by atoms with Crippen LogP contribution < -0.4 is 0 Å². The monoisotopic (exact) mass is 330 g/mol. The lowest BCUT2D eigenvalue weighted by Crippen LogP contribution is -1.95. The fraction of sp³-hybridized carbons (Fsp3) is 0. The normalized spacial score (nSPS) is 11.2. The van der Waals surface area contributed by atoms with Crippen molar-refractivity contribution >= 4 is 18.4 Å². The summed E-state index contributed by atoms with van der Waals surface area (Å²) in [6.07, 6.45) is 1.44. The molecule has 2 aromatic carbocycles. The molecule has 0 atom stereocenters. The third kappa shape index (κ3) is 3.11. The number of aromatic nitrogens is 3. The quantitative estimate of drug-likeness (QED) is 0.391. The van der Waals surface area contributed by atoms with E-state index in [1.807, 2.05) is 0 Å². The number of nitrogens with one attached hydrogen (secondary N) is 1. The molecule has 0 saturated heterocycles. The number of halogens is 1. The third-order valence-corrected chi connectivity index (χ3v) is 3.32. The van der Waals surface area contributed by atoms with Gasteiger partial charge in [-0.3, -0.25) is 0 Å². The van der Waals surface area contributed by atoms with Gasteiger partial charge in [0.15, 0.2) is 17.3 Å². The van der Waals surface area contributed by atoms with Gasteiger partial charge in [0.25, 0.3) is 0 Å². The van der Waals surface area contributed by atoms with Crippen molar-refractivity contribution in [2.75, 3.05) is 0 Å². The lowest BCUT2D eigenvalue weighted by molar-refractivity contribution is 0.403. The Morgan fingerprint density at radius 2 is 2.00 bits per heavy atom. The Balaban J connectivity index is 2.00. The van der Waals surface area contributed by atoms with E-state index < -0.39 is 5.82 Å². The molecule has 8 heteroatoms. The summed E-state index contributed by atoms with van der Waals surface area (Å²) in [4.78, 5) is 0. The average Bonchev–Trinajstić information content (AvgIpc) is 2.89. The Morgan fingerprint density at radius 1 is 1.17 bits per heavy atom. The van der Waals surface area contributed by atoms with Crippen molar-refractivity contribution in [2.45, 2.75) is 0 Å². The molecule has 0 aliphatic heterocycles. The van der Waals surface area contributed by atoms with Crippen LogP contribution in [0.5, 0.6) is 11.5 Å². The van der Waals surface area contributed by atoms with E-state index in [-0.39, 0.29) is 16.3 Å². The molecule has 0 amide bonds. The second-order valence-electron chi connectivity index (χ2n) is 4.67. The number of aromatic hydroxyl groups is 2. The fourth-order valence-corrected chi connectivity index (χ4v) is 2.14. The molecule has 0 radical (unpaired) electrons. The molecule has 0 fully saturated rings. The minimum absolute atomic E-state index is 0.220. The van der Waals surface area contributed by atoms with E-state index in [2.05, 4.69) is 15.3 Å². The van der Waals surface area contributed by atoms with E-state index in [4.69, 9.17) is 12.2 Å². The van der Waals surface area contributed by atoms with E-state index in [1.54, 1.807) is 18.2 Å². The zero-order chi connectivity index (χ0) is 16.4. The van der Waals surface area contributed by atoms with Crippen LogP contribution >= 0.6 is 12.2 Å². The standard InChI is InChI=1S/C15H11FN4O2S/c16-11-3-1-2-10(7-11)14-18-19-15(23)20(14)17-8-9-4-5-12(21)13(22)6-9/h1-8,21-22H,(H,19,23)/b17-8+. The summed E-state index contributed by atoms with van der Waals surface area (Å²) in [5, 5.41) is 29.6. The number of hydrogen-bond acceptors (Lipinski definition) is 5. The first-order valence-electron chi connectivity index (χ1n) is 6.54. The maximum Gasteiger partial charge on any atom is 0.216 e. The van der Waals surface area contributed by atoms with E-state index in [9.17, 15) is 14.6 Å². The highest BCUT2D eigenvalue weighted by Crippen LogP contribution is 2.24. The Bertz CT molecular complexity index is 949. The first-order valence-corrected chi connectivity index (χ1v) is 6.95. The Hall–Kier alpha value is -3.00. The molecule has 3 rings (SSSR count). The average molecular weight is 330 g/mol. The predicted molar refractivity (Wildman–Crippen MR) is 85.6 cm³/mol. The highest BCUT2D eigenvalue weighted by atomic mass is 32.1. The van der Waals surface area contributed by atoms with Crippen LogP contribution in [0.15, 0.2) is 47.6 Å². The molecule has 116 valence electrons. The fourth-order valence-electron chi connectivity index (χ4n) is 1.96. The van der Waals surface area contributed by atoms with Gasteiger partial charge in [0.1, 0.15) is 5.82 Å². The van der Waals surface area contributed by atoms with Crippen LogP contribution in [0.25, 0.3) is 11.4 Å². The van der Waals surface area contributed by atoms with Gasteiger partial charge in [0.05, 0.1) is 6.21 Å². The zero-order valence-electron chi connectivity index (χ0n) is 11.6. The van der Waals surface area contributed by atoms with Crippen molar-refractivity contribution in [3.05, 3.63) is 58.6 Å². The molecular formula is C15H11FN4O2S. The number of rotatable bonds is 3. The highest BCUT2D eigenvalue weighted by Gasteiger charge is 2.09. The van der Waals surface area contributed by atoms with Crippen LogP contribution in [0.1, 0.15) is 5.56 Å². The number of phenols is 2. The van der Waals surface area contributed by atoms with Gasteiger partial charge < -0.3 is 10.2 Å². The predicted octanol–water partition coefficient (Wildman–Crippen LogP) is 3.04. The smallest absolute Gasteiger partial charge is 0.216 e. The molecule has 1 heterocycles. The lowest BCUT2D eigenvalue weighted by atomic mass is 10.2. The number of phenolic OH excluding ortho intramolecular Hbond substituents is 2. The minimum atomic E-state index is -0.393. The molecule has 3 N–H and O–H groups in total. The second-order valence-corrected chi connectivity index (χ2v) is 5.05. The molecule has 23 heavy (non-hydrogen) atoms. The van der Waals surface area contributed by atoms with Crippen LogP contribution in [-0.2, 0) is 0 Å². The Labute approximate surface area is 135 Å². The van der Waals surface area contributed by atoms with Crippen molar-refractivity contribution in [3.63, 3.8) is 0 Å². The van der Waals surface area contributed by atoms with Gasteiger partial charge in [0.2, 0.25) is 4.77 Å². The number of benzene rings is 2. The molecule has 0 spiro atoms. The van der Waals surface area contributed by atoms with Gasteiger partial charge in [0, 0.05) is 5.56 Å². The second kappa shape index (κ2) is 6.01. The Morgan fingerprint density at radius 3 is 2.74 bits per heavy atom. The van der Waals surface area contributed by atoms with Gasteiger partial charge >= 0.3 is 0 Å². The summed E-state index contributed by atoms with van der Waals surface area (Å²) in [5.41, 5.74) is 1.07. The first-order chi connectivity index (χ1) is 11.0. The molecule has 0 aliphatic carbocycles. The van der Waals surface area contributed by atoms with Crippen molar-refractivity contribution in [1.82, 2.24) is 14.9 Å². The molecule has 3 aromatic rings. The summed E-state index contributed by atoms with van der Waals surface area (Å²) in [6.45, 7) is 0. The van der Waals surface area contributed by atoms with Crippen molar-refractivity contribution in [2.24, 2.45) is 5.10 Å². The number of H-pyrrole nitrogens is 1. The van der Waals surface area contributed by atoms with E-state index >= 15 is 0 Å². The van der Waals surface area contributed by atoms with Gasteiger partial charge in [-0.1, -0.05) is 12.1 Å². The summed E-state index contributed by atoms with van der Waals surface area (Å²) >= 11 is 5.12. The summed E-state index contributed by atoms with van der Waals surface area (Å²) in [7, 11) is 0. The maximum atomic E-state index is 13.4. The number of nitrogens with zero attached hydrogens (tertiary/aromatic N) is 3. The SMILES string of the molecule is Oc1ccc(/C=N/n2c(-c3cccc(F)c3)n[nH]c2=S)cc1O. The van der Waals surface area contributed by atoms with E-state index in [0.717, 1.165) is 0 Å². The molecule has 0 bridgehead atoms. The van der Waals surface area contributed by atoms with Crippen LogP contribution in [0.4, 0.5) is 4.39 Å². The minimum Gasteiger partial charge on any atom is -0.504 e. The van der Waals surface area contributed by atoms with Crippen molar-refractivity contribution in [1.29, 1.82) is 0 Å². The molecule has 0 aliphatic rings. The van der Waals surface area contributed by atoms with Crippen LogP contribution in [0.3, 0.4) is 0 Å². The number of aromatic amines is 1. The number of hydrogen-bond donors (Lipinski definition) is 3. The molecule has 1 aromatic heterocycles. The van der Waals surface area contributed by atoms with Crippen molar-refractivity contribution in [3.8, 4) is 22.9 Å². The van der Waals surface area contributed by atoms with Gasteiger partial charge in [-0.15, -0.1) is 0 Å². The topological polar surface area (TPSA) is 86.4 Å². The lowest BCUT2D eigenvalue weighted by Gasteiger charge is -2.02. The third-order valence-electron chi connectivity index (χ3n) is 3.06. The van der Waals surface area contributed by atoms with Crippen LogP contribution in [0.2, 0.25) is 0 Å². The summed E-state index contributed by atoms with van der Waals surface area (Å²) < 4.78 is 14.9. The van der Waals surface area contributed by atoms with Crippen molar-refractivity contribution < 1.29 is 14.6 Å². The molecule has 0 unspecified atom stereocenters. The molecule has 0 saturated carbocycles. The molecular weight excluding hydrogens is 319 g/mol. The Kier molecular flexibility index (Phi) is 3.90. The largest absolute Gasteiger partial charge is 0.504 e. The maximum absolute atomic E-state index is 13.4.